The highest BCUT2D eigenvalue weighted by molar-refractivity contribution is 8.00. The van der Waals surface area contributed by atoms with Crippen LogP contribution in [0.2, 0.25) is 0 Å². The van der Waals surface area contributed by atoms with Crippen molar-refractivity contribution in [2.45, 2.75) is 11.9 Å². The number of nitrogens with zero attached hydrogens (tertiary/aromatic N) is 2. The second kappa shape index (κ2) is 6.91. The normalized spacial score (nSPS) is 17.4. The molecule has 1 saturated heterocycles. The average molecular weight is 330 g/mol. The minimum absolute atomic E-state index is 0.0900. The summed E-state index contributed by atoms with van der Waals surface area (Å²) in [6.45, 7) is 0.532. The Morgan fingerprint density at radius 1 is 1.30 bits per heavy atom. The lowest BCUT2D eigenvalue weighted by atomic mass is 10.1. The van der Waals surface area contributed by atoms with Crippen LogP contribution in [0.4, 0.5) is 0 Å². The Balaban J connectivity index is 1.93. The Morgan fingerprint density at radius 3 is 2.87 bits per heavy atom. The minimum Gasteiger partial charge on any atom is -0.497 e. The van der Waals surface area contributed by atoms with Gasteiger partial charge in [0.1, 0.15) is 16.9 Å². The fourth-order valence-corrected chi connectivity index (χ4v) is 3.81. The molecule has 2 heterocycles. The average Bonchev–Trinajstić information content (AvgIpc) is 2.96. The lowest BCUT2D eigenvalue weighted by Gasteiger charge is -2.25. The molecule has 120 valence electrons. The molecule has 1 fully saturated rings. The van der Waals surface area contributed by atoms with E-state index in [1.54, 1.807) is 38.4 Å². The van der Waals surface area contributed by atoms with Crippen molar-refractivity contribution >= 4 is 17.7 Å². The van der Waals surface area contributed by atoms with Gasteiger partial charge in [0.15, 0.2) is 0 Å². The van der Waals surface area contributed by atoms with Gasteiger partial charge in [-0.1, -0.05) is 6.07 Å². The summed E-state index contributed by atoms with van der Waals surface area (Å²) in [5.41, 5.74) is 1.96. The first-order valence-corrected chi connectivity index (χ1v) is 8.29. The third-order valence-electron chi connectivity index (χ3n) is 3.75. The Morgan fingerprint density at radius 2 is 2.17 bits per heavy atom. The van der Waals surface area contributed by atoms with Crippen molar-refractivity contribution in [3.63, 3.8) is 0 Å². The molecule has 1 unspecified atom stereocenters. The van der Waals surface area contributed by atoms with Gasteiger partial charge >= 0.3 is 0 Å². The number of carbonyl (C=O) groups excluding carboxylic acids is 1. The molecule has 1 aliphatic heterocycles. The first kappa shape index (κ1) is 15.7. The van der Waals surface area contributed by atoms with Gasteiger partial charge in [0, 0.05) is 24.5 Å². The maximum absolute atomic E-state index is 12.3. The summed E-state index contributed by atoms with van der Waals surface area (Å²) in [5.74, 6) is 2.09. The van der Waals surface area contributed by atoms with E-state index in [0.29, 0.717) is 12.3 Å². The van der Waals surface area contributed by atoms with E-state index in [2.05, 4.69) is 4.98 Å². The van der Waals surface area contributed by atoms with Crippen molar-refractivity contribution in [2.75, 3.05) is 20.0 Å². The molecule has 0 saturated carbocycles. The summed E-state index contributed by atoms with van der Waals surface area (Å²) in [6, 6.07) is 9.52. The monoisotopic (exact) mass is 330 g/mol. The lowest BCUT2D eigenvalue weighted by Crippen LogP contribution is -2.28. The molecule has 1 atom stereocenters. The van der Waals surface area contributed by atoms with Crippen LogP contribution in [0.15, 0.2) is 42.7 Å². The fourth-order valence-electron chi connectivity index (χ4n) is 2.60. The molecule has 0 spiro atoms. The van der Waals surface area contributed by atoms with Crippen LogP contribution in [-0.4, -0.2) is 35.8 Å². The van der Waals surface area contributed by atoms with Crippen molar-refractivity contribution in [1.29, 1.82) is 0 Å². The van der Waals surface area contributed by atoms with Crippen molar-refractivity contribution in [3.05, 3.63) is 53.9 Å². The van der Waals surface area contributed by atoms with Crippen LogP contribution in [0, 0.1) is 0 Å². The largest absolute Gasteiger partial charge is 0.497 e. The third kappa shape index (κ3) is 3.27. The van der Waals surface area contributed by atoms with E-state index >= 15 is 0 Å². The molecule has 23 heavy (non-hydrogen) atoms. The minimum atomic E-state index is -0.0900. The number of ether oxygens (including phenoxy) is 2. The molecule has 2 aromatic rings. The van der Waals surface area contributed by atoms with E-state index in [4.69, 9.17) is 9.47 Å². The van der Waals surface area contributed by atoms with Gasteiger partial charge in [-0.3, -0.25) is 9.78 Å². The molecule has 1 aromatic heterocycles. The Kier molecular flexibility index (Phi) is 4.71. The molecule has 3 rings (SSSR count). The zero-order valence-electron chi connectivity index (χ0n) is 13.1. The molecular formula is C17H18N2O3S. The highest BCUT2D eigenvalue weighted by Gasteiger charge is 2.34. The van der Waals surface area contributed by atoms with E-state index < -0.39 is 0 Å². The predicted octanol–water partition coefficient (Wildman–Crippen LogP) is 2.87. The summed E-state index contributed by atoms with van der Waals surface area (Å²) >= 11 is 1.60. The first-order chi connectivity index (χ1) is 11.2. The SMILES string of the molecule is COc1ccc(OC)c(C2SCC(=O)N2Cc2cccnc2)c1. The molecular weight excluding hydrogens is 312 g/mol. The maximum atomic E-state index is 12.3. The van der Waals surface area contributed by atoms with E-state index in [1.165, 1.54) is 0 Å². The van der Waals surface area contributed by atoms with Gasteiger partial charge in [0.05, 0.1) is 20.0 Å². The lowest BCUT2D eigenvalue weighted by molar-refractivity contribution is -0.128. The molecule has 0 aliphatic carbocycles. The second-order valence-electron chi connectivity index (χ2n) is 5.15. The zero-order chi connectivity index (χ0) is 16.2. The van der Waals surface area contributed by atoms with Crippen LogP contribution in [0.1, 0.15) is 16.5 Å². The number of rotatable bonds is 5. The van der Waals surface area contributed by atoms with Crippen LogP contribution in [0.25, 0.3) is 0 Å². The first-order valence-electron chi connectivity index (χ1n) is 7.25. The van der Waals surface area contributed by atoms with E-state index in [9.17, 15) is 4.79 Å². The van der Waals surface area contributed by atoms with Crippen molar-refractivity contribution < 1.29 is 14.3 Å². The highest BCUT2D eigenvalue weighted by Crippen LogP contribution is 2.44. The maximum Gasteiger partial charge on any atom is 0.234 e. The molecule has 1 aromatic carbocycles. The Hall–Kier alpha value is -2.21. The van der Waals surface area contributed by atoms with Crippen molar-refractivity contribution in [2.24, 2.45) is 0 Å². The number of aromatic nitrogens is 1. The summed E-state index contributed by atoms with van der Waals surface area (Å²) < 4.78 is 10.8. The number of pyridine rings is 1. The molecule has 0 N–H and O–H groups in total. The number of hydrogen-bond donors (Lipinski definition) is 0. The summed E-state index contributed by atoms with van der Waals surface area (Å²) in [7, 11) is 3.27. The predicted molar refractivity (Wildman–Crippen MR) is 89.5 cm³/mol. The zero-order valence-corrected chi connectivity index (χ0v) is 13.9. The molecule has 0 radical (unpaired) electrons. The number of hydrogen-bond acceptors (Lipinski definition) is 5. The quantitative estimate of drug-likeness (QED) is 0.844. The van der Waals surface area contributed by atoms with Crippen LogP contribution < -0.4 is 9.47 Å². The molecule has 5 nitrogen and oxygen atoms in total. The van der Waals surface area contributed by atoms with Crippen LogP contribution in [0.3, 0.4) is 0 Å². The Labute approximate surface area is 139 Å². The second-order valence-corrected chi connectivity index (χ2v) is 6.22. The number of amides is 1. The van der Waals surface area contributed by atoms with Gasteiger partial charge < -0.3 is 14.4 Å². The third-order valence-corrected chi connectivity index (χ3v) is 4.98. The van der Waals surface area contributed by atoms with Crippen LogP contribution in [0.5, 0.6) is 11.5 Å². The fraction of sp³-hybridized carbons (Fsp3) is 0.294. The van der Waals surface area contributed by atoms with Gasteiger partial charge in [-0.05, 0) is 29.8 Å². The summed E-state index contributed by atoms with van der Waals surface area (Å²) in [5, 5.41) is -0.0900. The van der Waals surface area contributed by atoms with Crippen LogP contribution in [-0.2, 0) is 11.3 Å². The summed E-state index contributed by atoms with van der Waals surface area (Å²) in [4.78, 5) is 18.3. The van der Waals surface area contributed by atoms with Crippen molar-refractivity contribution in [1.82, 2.24) is 9.88 Å². The van der Waals surface area contributed by atoms with E-state index in [-0.39, 0.29) is 11.3 Å². The molecule has 0 bridgehead atoms. The van der Waals surface area contributed by atoms with Gasteiger partial charge in [-0.2, -0.15) is 0 Å². The summed E-state index contributed by atoms with van der Waals surface area (Å²) in [6.07, 6.45) is 3.52. The standard InChI is InChI=1S/C17H18N2O3S/c1-21-13-5-6-15(22-2)14(8-13)17-19(16(20)11-23-17)10-12-4-3-7-18-9-12/h3-9,17H,10-11H2,1-2H3. The van der Waals surface area contributed by atoms with Crippen LogP contribution >= 0.6 is 11.8 Å². The van der Waals surface area contributed by atoms with Gasteiger partial charge in [0.25, 0.3) is 0 Å². The highest BCUT2D eigenvalue weighted by atomic mass is 32.2. The van der Waals surface area contributed by atoms with Crippen molar-refractivity contribution in [3.8, 4) is 11.5 Å². The number of methoxy groups -OCH3 is 2. The van der Waals surface area contributed by atoms with E-state index in [0.717, 1.165) is 22.6 Å². The number of carbonyl (C=O) groups is 1. The smallest absolute Gasteiger partial charge is 0.234 e. The molecule has 6 heteroatoms. The topological polar surface area (TPSA) is 51.7 Å². The number of thioether (sulfide) groups is 1. The van der Waals surface area contributed by atoms with Gasteiger partial charge in [-0.25, -0.2) is 0 Å². The molecule has 1 amide bonds. The van der Waals surface area contributed by atoms with Gasteiger partial charge in [-0.15, -0.1) is 11.8 Å². The molecule has 1 aliphatic rings. The van der Waals surface area contributed by atoms with E-state index in [1.807, 2.05) is 35.2 Å². The Bertz CT molecular complexity index is 693. The van der Waals surface area contributed by atoms with Gasteiger partial charge in [0.2, 0.25) is 5.91 Å². The number of benzene rings is 1.